The van der Waals surface area contributed by atoms with E-state index in [1.165, 1.54) is 4.31 Å². The molecule has 1 atom stereocenters. The lowest BCUT2D eigenvalue weighted by Gasteiger charge is -2.23. The Kier molecular flexibility index (Phi) is 3.85. The van der Waals surface area contributed by atoms with Gasteiger partial charge in [-0.3, -0.25) is 4.98 Å². The molecule has 0 N–H and O–H groups in total. The molecule has 0 amide bonds. The number of benzene rings is 1. The second-order valence-corrected chi connectivity index (χ2v) is 8.34. The van der Waals surface area contributed by atoms with E-state index >= 15 is 0 Å². The van der Waals surface area contributed by atoms with Crippen LogP contribution in [0.1, 0.15) is 35.9 Å². The number of sulfonamides is 1. The number of aromatic nitrogens is 2. The standard InChI is InChI=1S/C18H19N3O3S/c1-12-9-14-5-3-7-17(18(14)19-11-12)25(22,23)21-8-4-6-16(21)15-10-13(2)24-20-15/h3,5,7,9-11,16H,4,6,8H2,1-2H3/t16-/m1/s1. The fraction of sp³-hybridized carbons (Fsp3) is 0.333. The summed E-state index contributed by atoms with van der Waals surface area (Å²) in [6.07, 6.45) is 3.24. The number of hydrogen-bond acceptors (Lipinski definition) is 5. The van der Waals surface area contributed by atoms with Gasteiger partial charge in [0.15, 0.2) is 0 Å². The van der Waals surface area contributed by atoms with Crippen molar-refractivity contribution in [1.29, 1.82) is 0 Å². The van der Waals surface area contributed by atoms with E-state index in [9.17, 15) is 8.42 Å². The van der Waals surface area contributed by atoms with E-state index < -0.39 is 10.0 Å². The van der Waals surface area contributed by atoms with Crippen molar-refractivity contribution in [1.82, 2.24) is 14.4 Å². The number of fused-ring (bicyclic) bond motifs is 1. The van der Waals surface area contributed by atoms with Gasteiger partial charge in [-0.15, -0.1) is 0 Å². The highest BCUT2D eigenvalue weighted by molar-refractivity contribution is 7.89. The largest absolute Gasteiger partial charge is 0.361 e. The van der Waals surface area contributed by atoms with Crippen LogP contribution in [0.25, 0.3) is 10.9 Å². The number of para-hydroxylation sites is 1. The Labute approximate surface area is 146 Å². The highest BCUT2D eigenvalue weighted by Gasteiger charge is 2.38. The maximum absolute atomic E-state index is 13.4. The molecule has 0 saturated carbocycles. The van der Waals surface area contributed by atoms with Crippen LogP contribution in [0.2, 0.25) is 0 Å². The van der Waals surface area contributed by atoms with Crippen LogP contribution in [-0.2, 0) is 10.0 Å². The van der Waals surface area contributed by atoms with Crippen molar-refractivity contribution in [3.05, 3.63) is 53.5 Å². The first-order valence-electron chi connectivity index (χ1n) is 8.27. The third kappa shape index (κ3) is 2.73. The predicted molar refractivity (Wildman–Crippen MR) is 93.6 cm³/mol. The molecule has 2 aromatic heterocycles. The smallest absolute Gasteiger partial charge is 0.245 e. The van der Waals surface area contributed by atoms with Gasteiger partial charge in [-0.2, -0.15) is 4.31 Å². The maximum atomic E-state index is 13.4. The predicted octanol–water partition coefficient (Wildman–Crippen LogP) is 3.37. The summed E-state index contributed by atoms with van der Waals surface area (Å²) in [5.74, 6) is 0.682. The van der Waals surface area contributed by atoms with Crippen LogP contribution in [0, 0.1) is 13.8 Å². The number of nitrogens with zero attached hydrogens (tertiary/aromatic N) is 3. The van der Waals surface area contributed by atoms with E-state index in [0.29, 0.717) is 23.5 Å². The Bertz CT molecular complexity index is 1040. The van der Waals surface area contributed by atoms with E-state index in [1.807, 2.05) is 25.1 Å². The minimum absolute atomic E-state index is 0.247. The molecule has 0 unspecified atom stereocenters. The zero-order valence-corrected chi connectivity index (χ0v) is 15.0. The summed E-state index contributed by atoms with van der Waals surface area (Å²) < 4.78 is 33.4. The second kappa shape index (κ2) is 5.93. The molecule has 3 aromatic rings. The van der Waals surface area contributed by atoms with Crippen molar-refractivity contribution in [3.8, 4) is 0 Å². The fourth-order valence-corrected chi connectivity index (χ4v) is 5.28. The molecule has 1 saturated heterocycles. The maximum Gasteiger partial charge on any atom is 0.245 e. The topological polar surface area (TPSA) is 76.3 Å². The Balaban J connectivity index is 1.82. The van der Waals surface area contributed by atoms with Gasteiger partial charge in [-0.05, 0) is 44.4 Å². The van der Waals surface area contributed by atoms with Crippen molar-refractivity contribution in [2.75, 3.05) is 6.54 Å². The molecular weight excluding hydrogens is 338 g/mol. The van der Waals surface area contributed by atoms with Crippen molar-refractivity contribution in [2.45, 2.75) is 37.6 Å². The Morgan fingerprint density at radius 3 is 2.84 bits per heavy atom. The molecule has 4 rings (SSSR count). The monoisotopic (exact) mass is 357 g/mol. The minimum Gasteiger partial charge on any atom is -0.361 e. The highest BCUT2D eigenvalue weighted by Crippen LogP contribution is 2.37. The molecule has 25 heavy (non-hydrogen) atoms. The van der Waals surface area contributed by atoms with Gasteiger partial charge < -0.3 is 4.52 Å². The Hall–Kier alpha value is -2.25. The van der Waals surface area contributed by atoms with E-state index in [4.69, 9.17) is 4.52 Å². The van der Waals surface area contributed by atoms with Gasteiger partial charge in [-0.25, -0.2) is 8.42 Å². The zero-order chi connectivity index (χ0) is 17.6. The summed E-state index contributed by atoms with van der Waals surface area (Å²) in [7, 11) is -3.68. The lowest BCUT2D eigenvalue weighted by Crippen LogP contribution is -2.31. The first-order valence-corrected chi connectivity index (χ1v) is 9.71. The molecule has 1 aliphatic rings. The Morgan fingerprint density at radius 1 is 1.24 bits per heavy atom. The molecule has 0 radical (unpaired) electrons. The SMILES string of the molecule is Cc1cnc2c(S(=O)(=O)N3CCC[C@@H]3c3cc(C)on3)cccc2c1. The molecule has 1 fully saturated rings. The van der Waals surface area contributed by atoms with Gasteiger partial charge in [0.05, 0.1) is 11.6 Å². The molecule has 3 heterocycles. The van der Waals surface area contributed by atoms with E-state index in [0.717, 1.165) is 23.8 Å². The summed E-state index contributed by atoms with van der Waals surface area (Å²) in [5, 5.41) is 4.86. The van der Waals surface area contributed by atoms with Crippen LogP contribution < -0.4 is 0 Å². The first kappa shape index (κ1) is 16.2. The van der Waals surface area contributed by atoms with Gasteiger partial charge in [0.2, 0.25) is 10.0 Å². The Morgan fingerprint density at radius 2 is 2.08 bits per heavy atom. The van der Waals surface area contributed by atoms with Crippen LogP contribution >= 0.6 is 0 Å². The number of hydrogen-bond donors (Lipinski definition) is 0. The van der Waals surface area contributed by atoms with Crippen LogP contribution in [0.15, 0.2) is 45.9 Å². The number of rotatable bonds is 3. The molecule has 6 nitrogen and oxygen atoms in total. The van der Waals surface area contributed by atoms with Crippen LogP contribution in [0.5, 0.6) is 0 Å². The average molecular weight is 357 g/mol. The lowest BCUT2D eigenvalue weighted by molar-refractivity contribution is 0.349. The van der Waals surface area contributed by atoms with Crippen LogP contribution in [0.3, 0.4) is 0 Å². The molecule has 1 aliphatic heterocycles. The molecular formula is C18H19N3O3S. The van der Waals surface area contributed by atoms with Crippen molar-refractivity contribution in [3.63, 3.8) is 0 Å². The molecule has 130 valence electrons. The van der Waals surface area contributed by atoms with Crippen LogP contribution in [0.4, 0.5) is 0 Å². The summed E-state index contributed by atoms with van der Waals surface area (Å²) in [5.41, 5.74) is 2.18. The van der Waals surface area contributed by atoms with Gasteiger partial charge in [0, 0.05) is 24.2 Å². The van der Waals surface area contributed by atoms with E-state index in [-0.39, 0.29) is 10.9 Å². The average Bonchev–Trinajstić information content (AvgIpc) is 3.22. The summed E-state index contributed by atoms with van der Waals surface area (Å²) in [6.45, 7) is 4.22. The zero-order valence-electron chi connectivity index (χ0n) is 14.1. The molecule has 1 aromatic carbocycles. The fourth-order valence-electron chi connectivity index (χ4n) is 3.44. The van der Waals surface area contributed by atoms with Gasteiger partial charge in [0.25, 0.3) is 0 Å². The summed E-state index contributed by atoms with van der Waals surface area (Å²) >= 11 is 0. The highest BCUT2D eigenvalue weighted by atomic mass is 32.2. The van der Waals surface area contributed by atoms with Gasteiger partial charge >= 0.3 is 0 Å². The minimum atomic E-state index is -3.68. The molecule has 0 aliphatic carbocycles. The van der Waals surface area contributed by atoms with Gasteiger partial charge in [-0.1, -0.05) is 17.3 Å². The van der Waals surface area contributed by atoms with Crippen molar-refractivity contribution >= 4 is 20.9 Å². The summed E-state index contributed by atoms with van der Waals surface area (Å²) in [4.78, 5) is 4.63. The number of aryl methyl sites for hydroxylation is 2. The first-order chi connectivity index (χ1) is 12.0. The van der Waals surface area contributed by atoms with Crippen molar-refractivity contribution < 1.29 is 12.9 Å². The molecule has 7 heteroatoms. The van der Waals surface area contributed by atoms with E-state index in [1.54, 1.807) is 25.3 Å². The quantitative estimate of drug-likeness (QED) is 0.718. The van der Waals surface area contributed by atoms with Crippen molar-refractivity contribution in [2.24, 2.45) is 0 Å². The van der Waals surface area contributed by atoms with Crippen LogP contribution in [-0.4, -0.2) is 29.4 Å². The lowest BCUT2D eigenvalue weighted by atomic mass is 10.1. The molecule has 0 spiro atoms. The third-order valence-corrected chi connectivity index (χ3v) is 6.53. The number of pyridine rings is 1. The normalized spacial score (nSPS) is 18.9. The second-order valence-electron chi connectivity index (χ2n) is 6.48. The third-order valence-electron chi connectivity index (χ3n) is 4.59. The molecule has 0 bridgehead atoms. The van der Waals surface area contributed by atoms with Gasteiger partial charge in [0.1, 0.15) is 16.3 Å². The summed E-state index contributed by atoms with van der Waals surface area (Å²) in [6, 6.07) is 8.75. The van der Waals surface area contributed by atoms with E-state index in [2.05, 4.69) is 10.1 Å².